The highest BCUT2D eigenvalue weighted by Gasteiger charge is 2.33. The Morgan fingerprint density at radius 1 is 1.10 bits per heavy atom. The Bertz CT molecular complexity index is 842. The van der Waals surface area contributed by atoms with Crippen molar-refractivity contribution in [3.05, 3.63) is 35.0 Å². The molecule has 0 unspecified atom stereocenters. The molecule has 1 aromatic carbocycles. The van der Waals surface area contributed by atoms with Crippen molar-refractivity contribution in [1.29, 1.82) is 0 Å². The lowest BCUT2D eigenvalue weighted by molar-refractivity contribution is -0.140. The second kappa shape index (κ2) is 9.09. The molecule has 0 bridgehead atoms. The molecule has 1 saturated carbocycles. The van der Waals surface area contributed by atoms with Crippen LogP contribution in [0.5, 0.6) is 0 Å². The maximum Gasteiger partial charge on any atom is 0.355 e. The number of amides is 1. The summed E-state index contributed by atoms with van der Waals surface area (Å²) in [7, 11) is 2.50. The van der Waals surface area contributed by atoms with Gasteiger partial charge in [0.05, 0.1) is 26.4 Å². The van der Waals surface area contributed by atoms with Gasteiger partial charge >= 0.3 is 11.9 Å². The number of carbonyl (C=O) groups excluding carboxylic acids is 3. The number of carbonyl (C=O) groups is 3. The van der Waals surface area contributed by atoms with Crippen LogP contribution in [0, 0.1) is 12.8 Å². The van der Waals surface area contributed by atoms with E-state index in [0.29, 0.717) is 11.4 Å². The van der Waals surface area contributed by atoms with Crippen LogP contribution in [-0.4, -0.2) is 45.4 Å². The zero-order chi connectivity index (χ0) is 21.0. The standard InChI is InChI=1S/C21H26N2O6/c1-13-8-9-15(22-19(24)14-6-4-5-7-14)10-17(13)23-12-29-11-16(20(25)27-2)18(23)21(26)28-3/h8-10,14H,4-7,11-12H2,1-3H3,(H,22,24). The molecule has 1 fully saturated rings. The van der Waals surface area contributed by atoms with Crippen molar-refractivity contribution in [3.63, 3.8) is 0 Å². The van der Waals surface area contributed by atoms with Crippen molar-refractivity contribution in [2.75, 3.05) is 37.8 Å². The van der Waals surface area contributed by atoms with E-state index in [9.17, 15) is 14.4 Å². The number of aryl methyl sites for hydroxylation is 1. The maximum atomic E-state index is 12.5. The first kappa shape index (κ1) is 20.9. The van der Waals surface area contributed by atoms with Crippen LogP contribution in [0.1, 0.15) is 31.2 Å². The van der Waals surface area contributed by atoms with E-state index in [-0.39, 0.29) is 36.4 Å². The van der Waals surface area contributed by atoms with E-state index >= 15 is 0 Å². The molecule has 1 aliphatic heterocycles. The number of nitrogens with one attached hydrogen (secondary N) is 1. The summed E-state index contributed by atoms with van der Waals surface area (Å²) >= 11 is 0. The van der Waals surface area contributed by atoms with Gasteiger partial charge < -0.3 is 24.4 Å². The van der Waals surface area contributed by atoms with Crippen LogP contribution in [-0.2, 0) is 28.6 Å². The van der Waals surface area contributed by atoms with Gasteiger partial charge in [0.1, 0.15) is 12.4 Å². The number of nitrogens with zero attached hydrogens (tertiary/aromatic N) is 1. The van der Waals surface area contributed by atoms with Crippen LogP contribution in [0.2, 0.25) is 0 Å². The lowest BCUT2D eigenvalue weighted by atomic mass is 10.1. The molecule has 1 amide bonds. The molecule has 1 heterocycles. The van der Waals surface area contributed by atoms with Crippen molar-refractivity contribution in [2.45, 2.75) is 32.6 Å². The minimum Gasteiger partial charge on any atom is -0.466 e. The number of benzene rings is 1. The molecule has 0 radical (unpaired) electrons. The summed E-state index contributed by atoms with van der Waals surface area (Å²) < 4.78 is 15.2. The van der Waals surface area contributed by atoms with Crippen molar-refractivity contribution in [1.82, 2.24) is 0 Å². The highest BCUT2D eigenvalue weighted by molar-refractivity contribution is 6.03. The van der Waals surface area contributed by atoms with Crippen molar-refractivity contribution in [2.24, 2.45) is 5.92 Å². The van der Waals surface area contributed by atoms with Crippen LogP contribution in [0.15, 0.2) is 29.5 Å². The molecule has 156 valence electrons. The second-order valence-corrected chi connectivity index (χ2v) is 7.19. The highest BCUT2D eigenvalue weighted by Crippen LogP contribution is 2.32. The van der Waals surface area contributed by atoms with Gasteiger partial charge in [-0.05, 0) is 37.5 Å². The number of hydrogen-bond donors (Lipinski definition) is 1. The smallest absolute Gasteiger partial charge is 0.355 e. The topological polar surface area (TPSA) is 94.2 Å². The summed E-state index contributed by atoms with van der Waals surface area (Å²) in [5.41, 5.74) is 2.27. The average molecular weight is 402 g/mol. The summed E-state index contributed by atoms with van der Waals surface area (Å²) in [4.78, 5) is 38.7. The van der Waals surface area contributed by atoms with Crippen molar-refractivity contribution in [3.8, 4) is 0 Å². The maximum absolute atomic E-state index is 12.5. The molecule has 8 heteroatoms. The Hall–Kier alpha value is -2.87. The summed E-state index contributed by atoms with van der Waals surface area (Å²) in [5, 5.41) is 2.96. The zero-order valence-corrected chi connectivity index (χ0v) is 16.9. The Kier molecular flexibility index (Phi) is 6.53. The van der Waals surface area contributed by atoms with Gasteiger partial charge in [-0.2, -0.15) is 0 Å². The number of hydrogen-bond acceptors (Lipinski definition) is 7. The van der Waals surface area contributed by atoms with Gasteiger partial charge in [0.15, 0.2) is 0 Å². The monoisotopic (exact) mass is 402 g/mol. The van der Waals surface area contributed by atoms with Crippen LogP contribution in [0.4, 0.5) is 11.4 Å². The zero-order valence-electron chi connectivity index (χ0n) is 16.9. The molecule has 1 aliphatic carbocycles. The van der Waals surface area contributed by atoms with Crippen LogP contribution >= 0.6 is 0 Å². The van der Waals surface area contributed by atoms with E-state index in [1.807, 2.05) is 19.1 Å². The third kappa shape index (κ3) is 4.42. The Labute approximate surface area is 169 Å². The first-order valence-electron chi connectivity index (χ1n) is 9.62. The van der Waals surface area contributed by atoms with E-state index in [4.69, 9.17) is 14.2 Å². The van der Waals surface area contributed by atoms with Gasteiger partial charge in [0.25, 0.3) is 0 Å². The number of anilines is 2. The third-order valence-electron chi connectivity index (χ3n) is 5.33. The first-order valence-corrected chi connectivity index (χ1v) is 9.62. The molecule has 1 aromatic rings. The molecule has 8 nitrogen and oxygen atoms in total. The SMILES string of the molecule is COC(=O)C1=C(C(=O)OC)N(c2cc(NC(=O)C3CCCC3)ccc2C)COC1. The van der Waals surface area contributed by atoms with Gasteiger partial charge in [-0.1, -0.05) is 18.9 Å². The van der Waals surface area contributed by atoms with Crippen molar-refractivity contribution >= 4 is 29.2 Å². The minimum atomic E-state index is -0.659. The first-order chi connectivity index (χ1) is 14.0. The fourth-order valence-corrected chi connectivity index (χ4v) is 3.74. The Morgan fingerprint density at radius 3 is 2.45 bits per heavy atom. The second-order valence-electron chi connectivity index (χ2n) is 7.19. The molecule has 1 N–H and O–H groups in total. The van der Waals surface area contributed by atoms with E-state index in [0.717, 1.165) is 31.2 Å². The van der Waals surface area contributed by atoms with Crippen molar-refractivity contribution < 1.29 is 28.6 Å². The number of esters is 2. The minimum absolute atomic E-state index is 0.00572. The lowest BCUT2D eigenvalue weighted by Gasteiger charge is -2.32. The molecular formula is C21H26N2O6. The molecule has 2 aliphatic rings. The van der Waals surface area contributed by atoms with E-state index in [1.54, 1.807) is 11.0 Å². The normalized spacial score (nSPS) is 17.3. The molecular weight excluding hydrogens is 376 g/mol. The fraction of sp³-hybridized carbons (Fsp3) is 0.476. The average Bonchev–Trinajstić information content (AvgIpc) is 3.28. The van der Waals surface area contributed by atoms with E-state index < -0.39 is 11.9 Å². The largest absolute Gasteiger partial charge is 0.466 e. The molecule has 0 aromatic heterocycles. The summed E-state index contributed by atoms with van der Waals surface area (Å²) in [6.45, 7) is 1.88. The van der Waals surface area contributed by atoms with Gasteiger partial charge in [0, 0.05) is 17.3 Å². The molecule has 0 atom stereocenters. The van der Waals surface area contributed by atoms with Gasteiger partial charge in [-0.15, -0.1) is 0 Å². The Balaban J connectivity index is 1.95. The van der Waals surface area contributed by atoms with Crippen LogP contribution in [0.3, 0.4) is 0 Å². The highest BCUT2D eigenvalue weighted by atomic mass is 16.5. The summed E-state index contributed by atoms with van der Waals surface area (Å²) in [5.74, 6) is -1.27. The number of rotatable bonds is 5. The van der Waals surface area contributed by atoms with Gasteiger partial charge in [0.2, 0.25) is 5.91 Å². The van der Waals surface area contributed by atoms with Crippen LogP contribution in [0.25, 0.3) is 0 Å². The quantitative estimate of drug-likeness (QED) is 0.756. The van der Waals surface area contributed by atoms with E-state index in [1.165, 1.54) is 14.2 Å². The predicted octanol–water partition coefficient (Wildman–Crippen LogP) is 2.52. The van der Waals surface area contributed by atoms with E-state index in [2.05, 4.69) is 5.32 Å². The fourth-order valence-electron chi connectivity index (χ4n) is 3.74. The van der Waals surface area contributed by atoms with Crippen LogP contribution < -0.4 is 10.2 Å². The molecule has 0 saturated heterocycles. The van der Waals surface area contributed by atoms with Gasteiger partial charge in [-0.25, -0.2) is 9.59 Å². The van der Waals surface area contributed by atoms with Gasteiger partial charge in [-0.3, -0.25) is 4.79 Å². The predicted molar refractivity (Wildman–Crippen MR) is 106 cm³/mol. The lowest BCUT2D eigenvalue weighted by Crippen LogP contribution is -2.39. The molecule has 0 spiro atoms. The third-order valence-corrected chi connectivity index (χ3v) is 5.33. The Morgan fingerprint density at radius 2 is 1.79 bits per heavy atom. The number of methoxy groups -OCH3 is 2. The summed E-state index contributed by atoms with van der Waals surface area (Å²) in [6, 6.07) is 5.44. The molecule has 3 rings (SSSR count). The number of ether oxygens (including phenoxy) is 3. The molecule has 29 heavy (non-hydrogen) atoms. The summed E-state index contributed by atoms with van der Waals surface area (Å²) in [6.07, 6.45) is 3.96.